The topological polar surface area (TPSA) is 73.2 Å². The van der Waals surface area contributed by atoms with Crippen molar-refractivity contribution in [3.8, 4) is 11.5 Å². The molecule has 6 heteroatoms. The molecule has 0 amide bonds. The van der Waals surface area contributed by atoms with Crippen molar-refractivity contribution < 1.29 is 19.7 Å². The van der Waals surface area contributed by atoms with Gasteiger partial charge >= 0.3 is 5.97 Å². The molecule has 1 fully saturated rings. The molecule has 172 valence electrons. The Bertz CT molecular complexity index is 1030. The van der Waals surface area contributed by atoms with E-state index in [0.29, 0.717) is 18.8 Å². The van der Waals surface area contributed by atoms with Crippen LogP contribution >= 0.6 is 0 Å². The summed E-state index contributed by atoms with van der Waals surface area (Å²) in [5, 5.41) is 18.2. The Morgan fingerprint density at radius 2 is 1.39 bits per heavy atom. The van der Waals surface area contributed by atoms with Crippen LogP contribution in [0, 0.1) is 0 Å². The number of anilines is 1. The van der Waals surface area contributed by atoms with Gasteiger partial charge in [0.1, 0.15) is 18.1 Å². The smallest absolute Gasteiger partial charge is 0.303 e. The van der Waals surface area contributed by atoms with Crippen molar-refractivity contribution in [1.29, 1.82) is 0 Å². The second kappa shape index (κ2) is 10.9. The number of carboxylic acid groups (broad SMARTS) is 1. The number of ether oxygens (including phenoxy) is 1. The molecule has 1 aliphatic rings. The van der Waals surface area contributed by atoms with Crippen LogP contribution in [0.25, 0.3) is 0 Å². The Morgan fingerprint density at radius 3 is 2.03 bits per heavy atom. The van der Waals surface area contributed by atoms with E-state index in [4.69, 9.17) is 9.84 Å². The lowest BCUT2D eigenvalue weighted by Gasteiger charge is -2.36. The first-order valence-corrected chi connectivity index (χ1v) is 11.3. The molecule has 2 N–H and O–H groups in total. The summed E-state index contributed by atoms with van der Waals surface area (Å²) >= 11 is 0. The molecule has 3 aromatic rings. The highest BCUT2D eigenvalue weighted by Crippen LogP contribution is 2.21. The number of aryl methyl sites for hydroxylation is 1. The number of nitrogens with zero attached hydrogens (tertiary/aromatic N) is 2. The van der Waals surface area contributed by atoms with Gasteiger partial charge in [-0.3, -0.25) is 9.69 Å². The Hall–Kier alpha value is -3.51. The summed E-state index contributed by atoms with van der Waals surface area (Å²) in [7, 11) is 0. The fourth-order valence-corrected chi connectivity index (χ4v) is 4.00. The van der Waals surface area contributed by atoms with Gasteiger partial charge in [-0.15, -0.1) is 0 Å². The normalized spacial score (nSPS) is 14.2. The third kappa shape index (κ3) is 6.73. The third-order valence-corrected chi connectivity index (χ3v) is 5.97. The summed E-state index contributed by atoms with van der Waals surface area (Å²) in [6.45, 7) is 5.41. The van der Waals surface area contributed by atoms with Crippen molar-refractivity contribution in [2.24, 2.45) is 0 Å². The number of hydrogen-bond donors (Lipinski definition) is 2. The standard InChI is InChI=1S/C27H30N2O4/c30-25-10-8-24(9-11-25)29-17-15-28(16-18-29)19-22-1-3-23(4-2-22)20-33-26-12-5-21(6-13-26)7-14-27(31)32/h1-6,8-13,30H,7,14-20H2,(H,31,32). The van der Waals surface area contributed by atoms with Gasteiger partial charge in [0.2, 0.25) is 0 Å². The summed E-state index contributed by atoms with van der Waals surface area (Å²) in [5.41, 5.74) is 4.56. The first-order valence-electron chi connectivity index (χ1n) is 11.3. The molecule has 0 aliphatic carbocycles. The fraction of sp³-hybridized carbons (Fsp3) is 0.296. The molecule has 0 saturated carbocycles. The van der Waals surface area contributed by atoms with Crippen molar-refractivity contribution in [1.82, 2.24) is 4.90 Å². The van der Waals surface area contributed by atoms with Crippen LogP contribution in [0.4, 0.5) is 5.69 Å². The van der Waals surface area contributed by atoms with Gasteiger partial charge < -0.3 is 19.8 Å². The maximum atomic E-state index is 10.7. The molecule has 6 nitrogen and oxygen atoms in total. The molecule has 3 aromatic carbocycles. The van der Waals surface area contributed by atoms with Crippen molar-refractivity contribution in [2.75, 3.05) is 31.1 Å². The second-order valence-electron chi connectivity index (χ2n) is 8.42. The molecular weight excluding hydrogens is 416 g/mol. The summed E-state index contributed by atoms with van der Waals surface area (Å²) in [4.78, 5) is 15.5. The number of hydrogen-bond acceptors (Lipinski definition) is 5. The van der Waals surface area contributed by atoms with Crippen LogP contribution in [0.2, 0.25) is 0 Å². The zero-order valence-corrected chi connectivity index (χ0v) is 18.7. The van der Waals surface area contributed by atoms with E-state index in [2.05, 4.69) is 34.1 Å². The van der Waals surface area contributed by atoms with Crippen molar-refractivity contribution in [3.63, 3.8) is 0 Å². The van der Waals surface area contributed by atoms with Crippen LogP contribution in [-0.4, -0.2) is 47.3 Å². The third-order valence-electron chi connectivity index (χ3n) is 5.97. The van der Waals surface area contributed by atoms with Gasteiger partial charge in [0.25, 0.3) is 0 Å². The minimum atomic E-state index is -0.782. The number of benzene rings is 3. The number of piperazine rings is 1. The van der Waals surface area contributed by atoms with E-state index < -0.39 is 5.97 Å². The minimum Gasteiger partial charge on any atom is -0.508 e. The van der Waals surface area contributed by atoms with E-state index in [9.17, 15) is 9.90 Å². The van der Waals surface area contributed by atoms with Crippen LogP contribution in [0.5, 0.6) is 11.5 Å². The molecular formula is C27H30N2O4. The summed E-state index contributed by atoms with van der Waals surface area (Å²) in [5.74, 6) is 0.303. The van der Waals surface area contributed by atoms with Crippen LogP contribution in [0.3, 0.4) is 0 Å². The van der Waals surface area contributed by atoms with Gasteiger partial charge in [-0.1, -0.05) is 36.4 Å². The maximum absolute atomic E-state index is 10.7. The Balaban J connectivity index is 1.21. The predicted octanol–water partition coefficient (Wildman–Crippen LogP) is 4.31. The fourth-order valence-electron chi connectivity index (χ4n) is 4.00. The number of rotatable bonds is 9. The quantitative estimate of drug-likeness (QED) is 0.510. The lowest BCUT2D eigenvalue weighted by Crippen LogP contribution is -2.45. The monoisotopic (exact) mass is 446 g/mol. The Morgan fingerprint density at radius 1 is 0.788 bits per heavy atom. The van der Waals surface area contributed by atoms with E-state index in [1.165, 1.54) is 5.56 Å². The summed E-state index contributed by atoms with van der Waals surface area (Å²) < 4.78 is 5.88. The van der Waals surface area contributed by atoms with E-state index in [1.54, 1.807) is 12.1 Å². The molecule has 0 bridgehead atoms. The molecule has 1 heterocycles. The molecule has 1 aliphatic heterocycles. The van der Waals surface area contributed by atoms with Crippen molar-refractivity contribution >= 4 is 11.7 Å². The molecule has 0 spiro atoms. The average Bonchev–Trinajstić information content (AvgIpc) is 2.84. The first-order chi connectivity index (χ1) is 16.0. The summed E-state index contributed by atoms with van der Waals surface area (Å²) in [6.07, 6.45) is 0.670. The molecule has 0 aromatic heterocycles. The number of aromatic hydroxyl groups is 1. The van der Waals surface area contributed by atoms with Gasteiger partial charge in [0.15, 0.2) is 0 Å². The van der Waals surface area contributed by atoms with Gasteiger partial charge in [-0.2, -0.15) is 0 Å². The lowest BCUT2D eigenvalue weighted by atomic mass is 10.1. The number of carbonyl (C=O) groups is 1. The van der Waals surface area contributed by atoms with Crippen LogP contribution in [0.1, 0.15) is 23.1 Å². The van der Waals surface area contributed by atoms with E-state index >= 15 is 0 Å². The average molecular weight is 447 g/mol. The van der Waals surface area contributed by atoms with Gasteiger partial charge in [-0.25, -0.2) is 0 Å². The molecule has 0 unspecified atom stereocenters. The Kier molecular flexibility index (Phi) is 7.47. The molecule has 4 rings (SSSR count). The van der Waals surface area contributed by atoms with Gasteiger partial charge in [0, 0.05) is 44.8 Å². The molecule has 0 radical (unpaired) electrons. The van der Waals surface area contributed by atoms with E-state index in [-0.39, 0.29) is 6.42 Å². The van der Waals surface area contributed by atoms with Gasteiger partial charge in [-0.05, 0) is 59.5 Å². The predicted molar refractivity (Wildman–Crippen MR) is 129 cm³/mol. The highest BCUT2D eigenvalue weighted by molar-refractivity contribution is 5.67. The Labute approximate surface area is 194 Å². The number of phenolic OH excluding ortho intramolecular Hbond substituents is 1. The van der Waals surface area contributed by atoms with Crippen LogP contribution < -0.4 is 9.64 Å². The highest BCUT2D eigenvalue weighted by Gasteiger charge is 2.17. The van der Waals surface area contributed by atoms with E-state index in [0.717, 1.165) is 55.3 Å². The van der Waals surface area contributed by atoms with Crippen LogP contribution in [0.15, 0.2) is 72.8 Å². The van der Waals surface area contributed by atoms with Gasteiger partial charge in [0.05, 0.1) is 0 Å². The number of carboxylic acids is 1. The van der Waals surface area contributed by atoms with E-state index in [1.807, 2.05) is 36.4 Å². The lowest BCUT2D eigenvalue weighted by molar-refractivity contribution is -0.136. The zero-order chi connectivity index (χ0) is 23.0. The largest absolute Gasteiger partial charge is 0.508 e. The highest BCUT2D eigenvalue weighted by atomic mass is 16.5. The molecule has 0 atom stereocenters. The zero-order valence-electron chi connectivity index (χ0n) is 18.7. The molecule has 33 heavy (non-hydrogen) atoms. The SMILES string of the molecule is O=C(O)CCc1ccc(OCc2ccc(CN3CCN(c4ccc(O)cc4)CC3)cc2)cc1. The molecule has 1 saturated heterocycles. The van der Waals surface area contributed by atoms with Crippen LogP contribution in [-0.2, 0) is 24.4 Å². The number of aliphatic carboxylic acids is 1. The van der Waals surface area contributed by atoms with Crippen molar-refractivity contribution in [3.05, 3.63) is 89.5 Å². The second-order valence-corrected chi connectivity index (χ2v) is 8.42. The first kappa shape index (κ1) is 22.7. The summed E-state index contributed by atoms with van der Waals surface area (Å²) in [6, 6.07) is 23.6. The number of phenols is 1. The minimum absolute atomic E-state index is 0.140. The maximum Gasteiger partial charge on any atom is 0.303 e. The van der Waals surface area contributed by atoms with Crippen molar-refractivity contribution in [2.45, 2.75) is 26.0 Å².